The Labute approximate surface area is 129 Å². The molecule has 0 aliphatic carbocycles. The molecule has 0 aliphatic rings. The predicted molar refractivity (Wildman–Crippen MR) is 82.8 cm³/mol. The Hall–Kier alpha value is -2.66. The highest BCUT2D eigenvalue weighted by Gasteiger charge is 2.06. The second-order valence-corrected chi connectivity index (χ2v) is 4.66. The van der Waals surface area contributed by atoms with Gasteiger partial charge in [-0.05, 0) is 17.7 Å². The number of amides is 2. The maximum absolute atomic E-state index is 11.7. The first kappa shape index (κ1) is 15.7. The van der Waals surface area contributed by atoms with Gasteiger partial charge < -0.3 is 4.74 Å². The van der Waals surface area contributed by atoms with Crippen LogP contribution in [0.2, 0.25) is 0 Å². The zero-order valence-corrected chi connectivity index (χ0v) is 12.1. The fraction of sp³-hybridized carbons (Fsp3) is 0.176. The fourth-order valence-electron chi connectivity index (χ4n) is 1.78. The van der Waals surface area contributed by atoms with Gasteiger partial charge in [-0.3, -0.25) is 20.4 Å². The molecule has 0 saturated heterocycles. The van der Waals surface area contributed by atoms with Gasteiger partial charge in [-0.25, -0.2) is 0 Å². The molecule has 0 unspecified atom stereocenters. The fourth-order valence-corrected chi connectivity index (χ4v) is 1.78. The Morgan fingerprint density at radius 2 is 1.50 bits per heavy atom. The summed E-state index contributed by atoms with van der Waals surface area (Å²) in [5.41, 5.74) is 6.27. The Morgan fingerprint density at radius 1 is 0.864 bits per heavy atom. The van der Waals surface area contributed by atoms with E-state index in [0.29, 0.717) is 18.8 Å². The summed E-state index contributed by atoms with van der Waals surface area (Å²) in [4.78, 5) is 23.3. The zero-order valence-electron chi connectivity index (χ0n) is 12.1. The minimum atomic E-state index is -0.348. The molecule has 22 heavy (non-hydrogen) atoms. The molecule has 0 spiro atoms. The number of ether oxygens (including phenoxy) is 1. The summed E-state index contributed by atoms with van der Waals surface area (Å²) in [6.45, 7) is 0.756. The van der Waals surface area contributed by atoms with Gasteiger partial charge in [-0.15, -0.1) is 0 Å². The van der Waals surface area contributed by atoms with Crippen molar-refractivity contribution in [1.82, 2.24) is 10.9 Å². The highest BCUT2D eigenvalue weighted by molar-refractivity contribution is 5.95. The van der Waals surface area contributed by atoms with Crippen LogP contribution in [0.15, 0.2) is 60.7 Å². The summed E-state index contributed by atoms with van der Waals surface area (Å²) >= 11 is 0. The van der Waals surface area contributed by atoms with Crippen molar-refractivity contribution in [1.29, 1.82) is 0 Å². The summed E-state index contributed by atoms with van der Waals surface area (Å²) < 4.78 is 5.41. The van der Waals surface area contributed by atoms with Crippen molar-refractivity contribution < 1.29 is 14.3 Å². The van der Waals surface area contributed by atoms with Crippen LogP contribution in [0.5, 0.6) is 0 Å². The lowest BCUT2D eigenvalue weighted by Gasteiger charge is -2.08. The van der Waals surface area contributed by atoms with Gasteiger partial charge in [0.05, 0.1) is 19.6 Å². The van der Waals surface area contributed by atoms with Crippen LogP contribution in [0.3, 0.4) is 0 Å². The van der Waals surface area contributed by atoms with Crippen LogP contribution in [0, 0.1) is 0 Å². The van der Waals surface area contributed by atoms with E-state index in [1.807, 2.05) is 36.4 Å². The monoisotopic (exact) mass is 298 g/mol. The summed E-state index contributed by atoms with van der Waals surface area (Å²) in [5.74, 6) is -0.642. The third-order valence-corrected chi connectivity index (χ3v) is 2.94. The lowest BCUT2D eigenvalue weighted by Crippen LogP contribution is -2.41. The first-order valence-electron chi connectivity index (χ1n) is 7.01. The highest BCUT2D eigenvalue weighted by atomic mass is 16.5. The third-order valence-electron chi connectivity index (χ3n) is 2.94. The first-order valence-corrected chi connectivity index (χ1v) is 7.01. The Balaban J connectivity index is 1.61. The quantitative estimate of drug-likeness (QED) is 0.633. The van der Waals surface area contributed by atoms with E-state index in [-0.39, 0.29) is 18.2 Å². The number of carbonyl (C=O) groups excluding carboxylic acids is 2. The number of nitrogens with one attached hydrogen (secondary N) is 2. The highest BCUT2D eigenvalue weighted by Crippen LogP contribution is 2.00. The Kier molecular flexibility index (Phi) is 6.14. The van der Waals surface area contributed by atoms with E-state index >= 15 is 0 Å². The molecule has 2 aromatic carbocycles. The standard InChI is InChI=1S/C17H18N2O3/c20-16(11-12-22-13-14-7-3-1-4-8-14)18-19-17(21)15-9-5-2-6-10-15/h1-10H,11-13H2,(H,18,20)(H,19,21). The van der Waals surface area contributed by atoms with Crippen LogP contribution < -0.4 is 10.9 Å². The molecule has 0 bridgehead atoms. The topological polar surface area (TPSA) is 67.4 Å². The van der Waals surface area contributed by atoms with Crippen molar-refractivity contribution in [2.75, 3.05) is 6.61 Å². The lowest BCUT2D eigenvalue weighted by atomic mass is 10.2. The molecule has 114 valence electrons. The average Bonchev–Trinajstić information content (AvgIpc) is 2.58. The molecule has 0 heterocycles. The van der Waals surface area contributed by atoms with Crippen LogP contribution in [0.1, 0.15) is 22.3 Å². The SMILES string of the molecule is O=C(CCOCc1ccccc1)NNC(=O)c1ccccc1. The first-order chi connectivity index (χ1) is 10.8. The molecule has 2 amide bonds. The number of rotatable bonds is 6. The molecule has 0 fully saturated rings. The van der Waals surface area contributed by atoms with Crippen LogP contribution in [0.4, 0.5) is 0 Å². The van der Waals surface area contributed by atoms with Gasteiger partial charge in [0.2, 0.25) is 5.91 Å². The molecule has 2 aromatic rings. The minimum Gasteiger partial charge on any atom is -0.376 e. The van der Waals surface area contributed by atoms with E-state index in [1.54, 1.807) is 24.3 Å². The molecular weight excluding hydrogens is 280 g/mol. The van der Waals surface area contributed by atoms with Crippen LogP contribution >= 0.6 is 0 Å². The normalized spacial score (nSPS) is 10.0. The van der Waals surface area contributed by atoms with E-state index in [9.17, 15) is 9.59 Å². The molecule has 2 N–H and O–H groups in total. The van der Waals surface area contributed by atoms with E-state index in [2.05, 4.69) is 10.9 Å². The molecule has 0 atom stereocenters. The zero-order chi connectivity index (χ0) is 15.6. The van der Waals surface area contributed by atoms with Crippen molar-refractivity contribution in [2.45, 2.75) is 13.0 Å². The molecule has 0 saturated carbocycles. The van der Waals surface area contributed by atoms with Gasteiger partial charge in [0.15, 0.2) is 0 Å². The van der Waals surface area contributed by atoms with Crippen molar-refractivity contribution in [3.8, 4) is 0 Å². The number of carbonyl (C=O) groups is 2. The van der Waals surface area contributed by atoms with Crippen LogP contribution in [-0.4, -0.2) is 18.4 Å². The molecule has 2 rings (SSSR count). The van der Waals surface area contributed by atoms with Gasteiger partial charge in [0, 0.05) is 5.56 Å². The Morgan fingerprint density at radius 3 is 2.18 bits per heavy atom. The second-order valence-electron chi connectivity index (χ2n) is 4.66. The van der Waals surface area contributed by atoms with E-state index < -0.39 is 0 Å². The minimum absolute atomic E-state index is 0.182. The van der Waals surface area contributed by atoms with Crippen molar-refractivity contribution >= 4 is 11.8 Å². The van der Waals surface area contributed by atoms with Gasteiger partial charge >= 0.3 is 0 Å². The number of benzene rings is 2. The van der Waals surface area contributed by atoms with E-state index in [4.69, 9.17) is 4.74 Å². The van der Waals surface area contributed by atoms with E-state index in [0.717, 1.165) is 5.56 Å². The number of hydrogen-bond acceptors (Lipinski definition) is 3. The maximum atomic E-state index is 11.7. The predicted octanol–water partition coefficient (Wildman–Crippen LogP) is 2.05. The van der Waals surface area contributed by atoms with Gasteiger partial charge in [-0.2, -0.15) is 0 Å². The molecular formula is C17H18N2O3. The summed E-state index contributed by atoms with van der Waals surface area (Å²) in [6, 6.07) is 18.4. The van der Waals surface area contributed by atoms with Gasteiger partial charge in [0.1, 0.15) is 0 Å². The third kappa shape index (κ3) is 5.38. The van der Waals surface area contributed by atoms with Crippen molar-refractivity contribution in [3.05, 3.63) is 71.8 Å². The number of hydrazine groups is 1. The Bertz CT molecular complexity index is 600. The molecule has 0 radical (unpaired) electrons. The molecule has 5 nitrogen and oxygen atoms in total. The smallest absolute Gasteiger partial charge is 0.269 e. The van der Waals surface area contributed by atoms with E-state index in [1.165, 1.54) is 0 Å². The molecule has 0 aliphatic heterocycles. The van der Waals surface area contributed by atoms with Gasteiger partial charge in [0.25, 0.3) is 5.91 Å². The van der Waals surface area contributed by atoms with Crippen LogP contribution in [-0.2, 0) is 16.1 Å². The van der Waals surface area contributed by atoms with Crippen LogP contribution in [0.25, 0.3) is 0 Å². The largest absolute Gasteiger partial charge is 0.376 e. The summed E-state index contributed by atoms with van der Waals surface area (Å²) in [7, 11) is 0. The maximum Gasteiger partial charge on any atom is 0.269 e. The lowest BCUT2D eigenvalue weighted by molar-refractivity contribution is -0.123. The summed E-state index contributed by atoms with van der Waals surface area (Å²) in [5, 5.41) is 0. The molecule has 0 aromatic heterocycles. The molecule has 5 heteroatoms. The number of hydrogen-bond donors (Lipinski definition) is 2. The van der Waals surface area contributed by atoms with Crippen molar-refractivity contribution in [2.24, 2.45) is 0 Å². The second kappa shape index (κ2) is 8.59. The van der Waals surface area contributed by atoms with Gasteiger partial charge in [-0.1, -0.05) is 48.5 Å². The van der Waals surface area contributed by atoms with Crippen molar-refractivity contribution in [3.63, 3.8) is 0 Å². The summed E-state index contributed by atoms with van der Waals surface area (Å²) in [6.07, 6.45) is 0.182. The average molecular weight is 298 g/mol.